The van der Waals surface area contributed by atoms with E-state index in [2.05, 4.69) is 17.6 Å². The van der Waals surface area contributed by atoms with Crippen LogP contribution in [0.15, 0.2) is 0 Å². The Balaban J connectivity index is 3.11. The molecule has 0 aromatic rings. The normalized spacial score (nSPS) is 9.14. The number of carbonyl (C=O) groups is 1. The molecule has 0 amide bonds. The minimum Gasteiger partial charge on any atom is -0.434 e. The number of hydrogen-bond acceptors (Lipinski definition) is 3. The molecule has 0 rings (SSSR count). The Labute approximate surface area is 85.8 Å². The highest BCUT2D eigenvalue weighted by Gasteiger charge is 2.00. The number of hydrogen-bond donors (Lipinski definition) is 0. The fourth-order valence-electron chi connectivity index (χ4n) is 1.00. The van der Waals surface area contributed by atoms with Gasteiger partial charge in [-0.2, -0.15) is 0 Å². The zero-order valence-corrected chi connectivity index (χ0v) is 8.75. The Bertz CT molecular complexity index is 181. The summed E-state index contributed by atoms with van der Waals surface area (Å²) in [5.41, 5.74) is 0. The second-order valence-corrected chi connectivity index (χ2v) is 3.01. The predicted molar refractivity (Wildman–Crippen MR) is 54.9 cm³/mol. The van der Waals surface area contributed by atoms with E-state index in [0.717, 1.165) is 12.8 Å². The van der Waals surface area contributed by atoms with Gasteiger partial charge in [-0.05, 0) is 6.42 Å². The number of unbranched alkanes of at least 4 members (excludes halogenated alkanes) is 4. The zero-order valence-electron chi connectivity index (χ0n) is 8.75. The lowest BCUT2D eigenvalue weighted by molar-refractivity contribution is 0.0632. The van der Waals surface area contributed by atoms with Gasteiger partial charge in [0.05, 0.1) is 6.61 Å². The Morgan fingerprint density at radius 3 is 2.57 bits per heavy atom. The summed E-state index contributed by atoms with van der Waals surface area (Å²) in [5, 5.41) is 0. The zero-order chi connectivity index (χ0) is 10.6. The van der Waals surface area contributed by atoms with Gasteiger partial charge in [0.2, 0.25) is 0 Å². The standard InChI is InChI=1S/C11H18O3/c1-3-5-6-7-8-10-14-11(12)13-9-4-2/h2H,3,5-10H2,1H3. The molecule has 0 aromatic carbocycles. The van der Waals surface area contributed by atoms with Crippen molar-refractivity contribution in [2.24, 2.45) is 0 Å². The first-order valence-electron chi connectivity index (χ1n) is 5.04. The van der Waals surface area contributed by atoms with Crippen LogP contribution in [0.5, 0.6) is 0 Å². The fraction of sp³-hybridized carbons (Fsp3) is 0.727. The van der Waals surface area contributed by atoms with Crippen LogP contribution in [0.25, 0.3) is 0 Å². The average Bonchev–Trinajstić information content (AvgIpc) is 2.20. The minimum absolute atomic E-state index is 0.0192. The fourth-order valence-corrected chi connectivity index (χ4v) is 1.00. The highest BCUT2D eigenvalue weighted by atomic mass is 16.7. The molecule has 0 heterocycles. The van der Waals surface area contributed by atoms with Crippen molar-refractivity contribution in [1.29, 1.82) is 0 Å². The lowest BCUT2D eigenvalue weighted by Gasteiger charge is -2.03. The van der Waals surface area contributed by atoms with Crippen LogP contribution >= 0.6 is 0 Å². The van der Waals surface area contributed by atoms with Crippen LogP contribution in [-0.2, 0) is 9.47 Å². The largest absolute Gasteiger partial charge is 0.509 e. The molecule has 3 nitrogen and oxygen atoms in total. The molecule has 3 heteroatoms. The second-order valence-electron chi connectivity index (χ2n) is 3.01. The van der Waals surface area contributed by atoms with Gasteiger partial charge in [0.15, 0.2) is 6.61 Å². The Kier molecular flexibility index (Phi) is 9.09. The van der Waals surface area contributed by atoms with Gasteiger partial charge in [-0.3, -0.25) is 0 Å². The second kappa shape index (κ2) is 9.91. The van der Waals surface area contributed by atoms with Crippen LogP contribution in [0.1, 0.15) is 39.0 Å². The maximum absolute atomic E-state index is 10.8. The van der Waals surface area contributed by atoms with Crippen LogP contribution in [0.2, 0.25) is 0 Å². The number of terminal acetylenes is 1. The molecule has 80 valence electrons. The molecule has 14 heavy (non-hydrogen) atoms. The summed E-state index contributed by atoms with van der Waals surface area (Å²) in [7, 11) is 0. The third-order valence-electron chi connectivity index (χ3n) is 1.74. The van der Waals surface area contributed by atoms with E-state index in [1.807, 2.05) is 0 Å². The maximum Gasteiger partial charge on any atom is 0.509 e. The summed E-state index contributed by atoms with van der Waals surface area (Å²) in [6.45, 7) is 2.56. The van der Waals surface area contributed by atoms with Crippen LogP contribution in [0.4, 0.5) is 4.79 Å². The summed E-state index contributed by atoms with van der Waals surface area (Å²) in [6, 6.07) is 0. The molecule has 0 saturated carbocycles. The lowest BCUT2D eigenvalue weighted by Crippen LogP contribution is -2.08. The molecule has 0 bridgehead atoms. The van der Waals surface area contributed by atoms with Crippen molar-refractivity contribution >= 4 is 6.16 Å². The first-order valence-corrected chi connectivity index (χ1v) is 5.04. The number of carbonyl (C=O) groups excluding carboxylic acids is 1. The molecule has 0 aliphatic carbocycles. The highest BCUT2D eigenvalue weighted by Crippen LogP contribution is 2.02. The number of ether oxygens (including phenoxy) is 2. The van der Waals surface area contributed by atoms with E-state index in [1.165, 1.54) is 19.3 Å². The van der Waals surface area contributed by atoms with E-state index >= 15 is 0 Å². The molecule has 0 spiro atoms. The van der Waals surface area contributed by atoms with Crippen molar-refractivity contribution in [3.63, 3.8) is 0 Å². The topological polar surface area (TPSA) is 35.5 Å². The molecule has 0 aliphatic heterocycles. The monoisotopic (exact) mass is 198 g/mol. The Hall–Kier alpha value is -1.17. The molecule has 0 aromatic heterocycles. The van der Waals surface area contributed by atoms with E-state index in [-0.39, 0.29) is 6.61 Å². The van der Waals surface area contributed by atoms with Gasteiger partial charge in [-0.15, -0.1) is 6.42 Å². The molecule has 0 radical (unpaired) electrons. The first kappa shape index (κ1) is 12.8. The molecule has 0 aliphatic rings. The quantitative estimate of drug-likeness (QED) is 0.358. The van der Waals surface area contributed by atoms with Crippen molar-refractivity contribution in [3.8, 4) is 12.3 Å². The van der Waals surface area contributed by atoms with Crippen LogP contribution in [0, 0.1) is 12.3 Å². The van der Waals surface area contributed by atoms with Crippen molar-refractivity contribution in [2.45, 2.75) is 39.0 Å². The molecule has 0 atom stereocenters. The van der Waals surface area contributed by atoms with E-state index in [0.29, 0.717) is 6.61 Å². The third-order valence-corrected chi connectivity index (χ3v) is 1.74. The van der Waals surface area contributed by atoms with Crippen LogP contribution < -0.4 is 0 Å². The minimum atomic E-state index is -0.668. The summed E-state index contributed by atoms with van der Waals surface area (Å²) in [6.07, 6.45) is 9.87. The van der Waals surface area contributed by atoms with E-state index in [4.69, 9.17) is 11.2 Å². The number of rotatable bonds is 7. The van der Waals surface area contributed by atoms with E-state index < -0.39 is 6.16 Å². The smallest absolute Gasteiger partial charge is 0.434 e. The third kappa shape index (κ3) is 8.92. The van der Waals surface area contributed by atoms with Gasteiger partial charge < -0.3 is 9.47 Å². The summed E-state index contributed by atoms with van der Waals surface area (Å²) in [4.78, 5) is 10.8. The van der Waals surface area contributed by atoms with Gasteiger partial charge in [0.25, 0.3) is 0 Å². The van der Waals surface area contributed by atoms with Gasteiger partial charge in [-0.1, -0.05) is 38.5 Å². The van der Waals surface area contributed by atoms with Crippen molar-refractivity contribution in [2.75, 3.05) is 13.2 Å². The van der Waals surface area contributed by atoms with E-state index in [9.17, 15) is 4.79 Å². The molecule has 0 fully saturated rings. The summed E-state index contributed by atoms with van der Waals surface area (Å²) in [5.74, 6) is 2.19. The van der Waals surface area contributed by atoms with Crippen LogP contribution in [0.3, 0.4) is 0 Å². The maximum atomic E-state index is 10.8. The average molecular weight is 198 g/mol. The molecule has 0 unspecified atom stereocenters. The summed E-state index contributed by atoms with van der Waals surface area (Å²) >= 11 is 0. The lowest BCUT2D eigenvalue weighted by atomic mass is 10.2. The molecule has 0 saturated heterocycles. The van der Waals surface area contributed by atoms with Crippen molar-refractivity contribution < 1.29 is 14.3 Å². The Morgan fingerprint density at radius 2 is 1.93 bits per heavy atom. The predicted octanol–water partition coefficient (Wildman–Crippen LogP) is 2.74. The van der Waals surface area contributed by atoms with E-state index in [1.54, 1.807) is 0 Å². The SMILES string of the molecule is C#CCOC(=O)OCCCCCCC. The molecular formula is C11H18O3. The van der Waals surface area contributed by atoms with Gasteiger partial charge in [0.1, 0.15) is 0 Å². The van der Waals surface area contributed by atoms with Gasteiger partial charge >= 0.3 is 6.16 Å². The first-order chi connectivity index (χ1) is 6.81. The molecule has 0 N–H and O–H groups in total. The van der Waals surface area contributed by atoms with Gasteiger partial charge in [0, 0.05) is 0 Å². The van der Waals surface area contributed by atoms with Gasteiger partial charge in [-0.25, -0.2) is 4.79 Å². The van der Waals surface area contributed by atoms with Crippen LogP contribution in [-0.4, -0.2) is 19.4 Å². The Morgan fingerprint density at radius 1 is 1.21 bits per heavy atom. The van der Waals surface area contributed by atoms with Crippen molar-refractivity contribution in [3.05, 3.63) is 0 Å². The summed E-state index contributed by atoms with van der Waals surface area (Å²) < 4.78 is 9.29. The van der Waals surface area contributed by atoms with Crippen molar-refractivity contribution in [1.82, 2.24) is 0 Å². The molecular weight excluding hydrogens is 180 g/mol. The highest BCUT2D eigenvalue weighted by molar-refractivity contribution is 5.59.